The molecule has 0 amide bonds. The van der Waals surface area contributed by atoms with Crippen molar-refractivity contribution in [3.63, 3.8) is 0 Å². The summed E-state index contributed by atoms with van der Waals surface area (Å²) in [6, 6.07) is 16.8. The van der Waals surface area contributed by atoms with Crippen LogP contribution in [0, 0.1) is 0 Å². The molecule has 1 aliphatic heterocycles. The number of hydrogen-bond donors (Lipinski definition) is 1. The van der Waals surface area contributed by atoms with Crippen molar-refractivity contribution in [1.82, 2.24) is 14.8 Å². The number of fused-ring (bicyclic) bond motifs is 2. The van der Waals surface area contributed by atoms with E-state index in [-0.39, 0.29) is 0 Å². The van der Waals surface area contributed by atoms with Crippen LogP contribution in [0.4, 0.5) is 5.69 Å². The third-order valence-electron chi connectivity index (χ3n) is 5.14. The molecule has 4 nitrogen and oxygen atoms in total. The summed E-state index contributed by atoms with van der Waals surface area (Å²) in [5.41, 5.74) is 3.34. The van der Waals surface area contributed by atoms with Gasteiger partial charge in [-0.15, -0.1) is 0 Å². The van der Waals surface area contributed by atoms with E-state index < -0.39 is 0 Å². The summed E-state index contributed by atoms with van der Waals surface area (Å²) in [7, 11) is 2.21. The molecule has 25 heavy (non-hydrogen) atoms. The van der Waals surface area contributed by atoms with Crippen molar-refractivity contribution in [1.29, 1.82) is 0 Å². The van der Waals surface area contributed by atoms with Crippen LogP contribution in [0.25, 0.3) is 21.8 Å². The van der Waals surface area contributed by atoms with Gasteiger partial charge in [0.1, 0.15) is 0 Å². The Hall–Kier alpha value is -2.17. The third kappa shape index (κ3) is 3.60. The lowest BCUT2D eigenvalue weighted by Gasteiger charge is -2.32. The van der Waals surface area contributed by atoms with Gasteiger partial charge in [-0.25, -0.2) is 4.98 Å². The minimum absolute atomic E-state index is 0.990. The van der Waals surface area contributed by atoms with E-state index in [1.54, 1.807) is 0 Å². The van der Waals surface area contributed by atoms with Crippen LogP contribution in [0.5, 0.6) is 0 Å². The largest absolute Gasteiger partial charge is 0.384 e. The lowest BCUT2D eigenvalue weighted by molar-refractivity contribution is 0.154. The Bertz CT molecular complexity index is 799. The highest BCUT2D eigenvalue weighted by Crippen LogP contribution is 2.30. The first-order valence-electron chi connectivity index (χ1n) is 9.23. The molecule has 3 aromatic rings. The first-order chi connectivity index (χ1) is 12.3. The second-order valence-corrected chi connectivity index (χ2v) is 6.95. The van der Waals surface area contributed by atoms with Gasteiger partial charge in [0.05, 0.1) is 16.7 Å². The minimum Gasteiger partial charge on any atom is -0.384 e. The zero-order valence-electron chi connectivity index (χ0n) is 14.9. The smallest absolute Gasteiger partial charge is 0.0730 e. The summed E-state index contributed by atoms with van der Waals surface area (Å²) in [6.45, 7) is 6.92. The monoisotopic (exact) mass is 334 g/mol. The Balaban J connectivity index is 1.48. The molecule has 0 atom stereocenters. The van der Waals surface area contributed by atoms with Gasteiger partial charge in [-0.3, -0.25) is 0 Å². The highest BCUT2D eigenvalue weighted by Gasteiger charge is 2.13. The van der Waals surface area contributed by atoms with Gasteiger partial charge in [0.2, 0.25) is 0 Å². The second-order valence-electron chi connectivity index (χ2n) is 6.95. The first kappa shape index (κ1) is 16.3. The Kier molecular flexibility index (Phi) is 4.81. The number of nitrogens with zero attached hydrogens (tertiary/aromatic N) is 3. The number of nitrogens with one attached hydrogen (secondary N) is 1. The van der Waals surface area contributed by atoms with Crippen LogP contribution >= 0.6 is 0 Å². The van der Waals surface area contributed by atoms with Crippen molar-refractivity contribution < 1.29 is 0 Å². The lowest BCUT2D eigenvalue weighted by Crippen LogP contribution is -2.44. The number of pyridine rings is 1. The van der Waals surface area contributed by atoms with Crippen LogP contribution in [0.1, 0.15) is 6.42 Å². The molecule has 0 spiro atoms. The predicted molar refractivity (Wildman–Crippen MR) is 106 cm³/mol. The van der Waals surface area contributed by atoms with E-state index in [1.165, 1.54) is 49.2 Å². The fraction of sp³-hybridized carbons (Fsp3) is 0.381. The van der Waals surface area contributed by atoms with E-state index in [0.29, 0.717) is 0 Å². The van der Waals surface area contributed by atoms with Gasteiger partial charge in [0, 0.05) is 43.5 Å². The van der Waals surface area contributed by atoms with Crippen molar-refractivity contribution >= 4 is 27.5 Å². The van der Waals surface area contributed by atoms with Gasteiger partial charge in [-0.2, -0.15) is 0 Å². The molecule has 1 N–H and O–H groups in total. The van der Waals surface area contributed by atoms with Crippen LogP contribution in [0.3, 0.4) is 0 Å². The van der Waals surface area contributed by atoms with Gasteiger partial charge in [-0.05, 0) is 32.1 Å². The number of hydrogen-bond acceptors (Lipinski definition) is 4. The number of para-hydroxylation sites is 2. The molecule has 2 heterocycles. The van der Waals surface area contributed by atoms with Gasteiger partial charge in [0.15, 0.2) is 0 Å². The Morgan fingerprint density at radius 1 is 0.880 bits per heavy atom. The summed E-state index contributed by atoms with van der Waals surface area (Å²) in [5.74, 6) is 0. The summed E-state index contributed by atoms with van der Waals surface area (Å²) >= 11 is 0. The zero-order valence-corrected chi connectivity index (χ0v) is 14.9. The molecule has 0 unspecified atom stereocenters. The third-order valence-corrected chi connectivity index (χ3v) is 5.14. The SMILES string of the molecule is CN1CCN(CCCNc2c3ccccc3nc3ccccc23)CC1. The van der Waals surface area contributed by atoms with Gasteiger partial charge >= 0.3 is 0 Å². The van der Waals surface area contributed by atoms with E-state index in [9.17, 15) is 0 Å². The maximum atomic E-state index is 4.79. The Morgan fingerprint density at radius 3 is 2.12 bits per heavy atom. The molecule has 2 aromatic carbocycles. The lowest BCUT2D eigenvalue weighted by atomic mass is 10.1. The van der Waals surface area contributed by atoms with Crippen molar-refractivity contribution in [2.75, 3.05) is 51.6 Å². The summed E-state index contributed by atoms with van der Waals surface area (Å²) in [5, 5.41) is 6.12. The van der Waals surface area contributed by atoms with E-state index in [0.717, 1.165) is 24.0 Å². The number of anilines is 1. The Labute approximate surface area is 149 Å². The molecule has 1 aliphatic rings. The van der Waals surface area contributed by atoms with E-state index in [2.05, 4.69) is 70.7 Å². The van der Waals surface area contributed by atoms with Crippen LogP contribution in [-0.4, -0.2) is 61.1 Å². The van der Waals surface area contributed by atoms with Gasteiger partial charge in [-0.1, -0.05) is 36.4 Å². The quantitative estimate of drug-likeness (QED) is 0.572. The number of rotatable bonds is 5. The molecular formula is C21H26N4. The maximum Gasteiger partial charge on any atom is 0.0730 e. The van der Waals surface area contributed by atoms with Crippen molar-refractivity contribution in [2.24, 2.45) is 0 Å². The molecule has 0 saturated carbocycles. The number of likely N-dealkylation sites (N-methyl/N-ethyl adjacent to an activating group) is 1. The van der Waals surface area contributed by atoms with E-state index in [1.807, 2.05) is 0 Å². The number of piperazine rings is 1. The summed E-state index contributed by atoms with van der Waals surface area (Å²) in [6.07, 6.45) is 1.16. The standard InChI is InChI=1S/C21H26N4/c1-24-13-15-25(16-14-24)12-6-11-22-21-17-7-2-4-9-19(17)23-20-10-5-3-8-18(20)21/h2-5,7-10H,6,11-16H2,1H3,(H,22,23). The van der Waals surface area contributed by atoms with Gasteiger partial charge < -0.3 is 15.1 Å². The highest BCUT2D eigenvalue weighted by molar-refractivity contribution is 6.07. The van der Waals surface area contributed by atoms with E-state index in [4.69, 9.17) is 4.98 Å². The highest BCUT2D eigenvalue weighted by atomic mass is 15.2. The van der Waals surface area contributed by atoms with E-state index >= 15 is 0 Å². The summed E-state index contributed by atoms with van der Waals surface area (Å²) < 4.78 is 0. The van der Waals surface area contributed by atoms with Crippen LogP contribution in [0.15, 0.2) is 48.5 Å². The molecule has 1 fully saturated rings. The molecule has 130 valence electrons. The van der Waals surface area contributed by atoms with Crippen LogP contribution in [0.2, 0.25) is 0 Å². The predicted octanol–water partition coefficient (Wildman–Crippen LogP) is 3.44. The molecule has 0 bridgehead atoms. The molecule has 1 saturated heterocycles. The Morgan fingerprint density at radius 2 is 1.48 bits per heavy atom. The van der Waals surface area contributed by atoms with Crippen molar-refractivity contribution in [3.05, 3.63) is 48.5 Å². The molecule has 0 aliphatic carbocycles. The average molecular weight is 334 g/mol. The van der Waals surface area contributed by atoms with Crippen LogP contribution < -0.4 is 5.32 Å². The first-order valence-corrected chi connectivity index (χ1v) is 9.23. The number of benzene rings is 2. The van der Waals surface area contributed by atoms with Crippen molar-refractivity contribution in [3.8, 4) is 0 Å². The number of aromatic nitrogens is 1. The molecule has 4 rings (SSSR count). The fourth-order valence-electron chi connectivity index (χ4n) is 3.62. The topological polar surface area (TPSA) is 31.4 Å². The molecule has 0 radical (unpaired) electrons. The zero-order chi connectivity index (χ0) is 17.1. The average Bonchev–Trinajstić information content (AvgIpc) is 2.66. The van der Waals surface area contributed by atoms with Gasteiger partial charge in [0.25, 0.3) is 0 Å². The normalized spacial score (nSPS) is 16.5. The molecule has 1 aromatic heterocycles. The summed E-state index contributed by atoms with van der Waals surface area (Å²) in [4.78, 5) is 9.77. The maximum absolute atomic E-state index is 4.79. The van der Waals surface area contributed by atoms with Crippen molar-refractivity contribution in [2.45, 2.75) is 6.42 Å². The minimum atomic E-state index is 0.990. The molecular weight excluding hydrogens is 308 g/mol. The molecule has 4 heteroatoms. The second kappa shape index (κ2) is 7.38. The fourth-order valence-corrected chi connectivity index (χ4v) is 3.62. The van der Waals surface area contributed by atoms with Crippen LogP contribution in [-0.2, 0) is 0 Å².